The molecule has 0 aliphatic heterocycles. The van der Waals surface area contributed by atoms with E-state index < -0.39 is 26.6 Å². The van der Waals surface area contributed by atoms with Crippen molar-refractivity contribution < 1.29 is 17.2 Å². The molecule has 6 nitrogen and oxygen atoms in total. The number of halogens is 2. The average molecular weight is 364 g/mol. The SMILES string of the molecule is Cn1cc(-c2cncc(CNS(=O)(=O)c3cc(F)ccc3F)c2)cn1. The number of benzene rings is 1. The zero-order valence-corrected chi connectivity index (χ0v) is 14.0. The quantitative estimate of drug-likeness (QED) is 0.753. The van der Waals surface area contributed by atoms with Gasteiger partial charge in [-0.3, -0.25) is 9.67 Å². The van der Waals surface area contributed by atoms with Gasteiger partial charge in [0.2, 0.25) is 10.0 Å². The van der Waals surface area contributed by atoms with E-state index >= 15 is 0 Å². The number of pyridine rings is 1. The van der Waals surface area contributed by atoms with Crippen molar-refractivity contribution in [3.63, 3.8) is 0 Å². The van der Waals surface area contributed by atoms with Gasteiger partial charge in [0, 0.05) is 43.3 Å². The molecule has 0 aliphatic carbocycles. The Bertz CT molecular complexity index is 1020. The lowest BCUT2D eigenvalue weighted by Gasteiger charge is -2.08. The van der Waals surface area contributed by atoms with Gasteiger partial charge in [-0.05, 0) is 29.8 Å². The highest BCUT2D eigenvalue weighted by Gasteiger charge is 2.19. The molecule has 1 N–H and O–H groups in total. The molecule has 130 valence electrons. The van der Waals surface area contributed by atoms with Gasteiger partial charge in [-0.1, -0.05) is 0 Å². The van der Waals surface area contributed by atoms with Crippen LogP contribution in [-0.2, 0) is 23.6 Å². The second-order valence-electron chi connectivity index (χ2n) is 5.38. The van der Waals surface area contributed by atoms with Crippen molar-refractivity contribution >= 4 is 10.0 Å². The van der Waals surface area contributed by atoms with Gasteiger partial charge in [-0.25, -0.2) is 21.9 Å². The number of sulfonamides is 1. The molecule has 0 amide bonds. The average Bonchev–Trinajstić information content (AvgIpc) is 3.02. The lowest BCUT2D eigenvalue weighted by Crippen LogP contribution is -2.24. The number of aromatic nitrogens is 3. The highest BCUT2D eigenvalue weighted by atomic mass is 32.2. The van der Waals surface area contributed by atoms with E-state index in [4.69, 9.17) is 0 Å². The van der Waals surface area contributed by atoms with E-state index in [1.807, 2.05) is 0 Å². The monoisotopic (exact) mass is 364 g/mol. The first kappa shape index (κ1) is 17.2. The Hall–Kier alpha value is -2.65. The van der Waals surface area contributed by atoms with Crippen LogP contribution in [0.2, 0.25) is 0 Å². The van der Waals surface area contributed by atoms with Gasteiger partial charge in [-0.15, -0.1) is 0 Å². The molecule has 9 heteroatoms. The van der Waals surface area contributed by atoms with Crippen LogP contribution in [0.1, 0.15) is 5.56 Å². The normalized spacial score (nSPS) is 11.6. The molecule has 2 heterocycles. The Morgan fingerprint density at radius 1 is 1.12 bits per heavy atom. The summed E-state index contributed by atoms with van der Waals surface area (Å²) in [4.78, 5) is 3.34. The number of aryl methyl sites for hydroxylation is 1. The van der Waals surface area contributed by atoms with Gasteiger partial charge in [0.15, 0.2) is 0 Å². The van der Waals surface area contributed by atoms with E-state index in [1.54, 1.807) is 36.4 Å². The van der Waals surface area contributed by atoms with Crippen molar-refractivity contribution in [1.29, 1.82) is 0 Å². The maximum atomic E-state index is 13.7. The molecule has 3 rings (SSSR count). The first-order valence-corrected chi connectivity index (χ1v) is 8.71. The van der Waals surface area contributed by atoms with Gasteiger partial charge in [0.05, 0.1) is 6.20 Å². The molecule has 0 bridgehead atoms. The zero-order valence-electron chi connectivity index (χ0n) is 13.1. The van der Waals surface area contributed by atoms with E-state index in [0.29, 0.717) is 11.6 Å². The number of hydrogen-bond acceptors (Lipinski definition) is 4. The number of hydrogen-bond donors (Lipinski definition) is 1. The standard InChI is InChI=1S/C16H14F2N4O2S/c1-22-10-13(9-20-22)12-4-11(6-19-8-12)7-21-25(23,24)16-5-14(17)2-3-15(16)18/h2-6,8-10,21H,7H2,1H3. The van der Waals surface area contributed by atoms with E-state index in [9.17, 15) is 17.2 Å². The van der Waals surface area contributed by atoms with Crippen LogP contribution in [0.15, 0.2) is 53.9 Å². The Morgan fingerprint density at radius 3 is 2.64 bits per heavy atom. The van der Waals surface area contributed by atoms with E-state index in [-0.39, 0.29) is 6.54 Å². The summed E-state index contributed by atoms with van der Waals surface area (Å²) in [5.74, 6) is -1.85. The number of rotatable bonds is 5. The molecule has 0 fully saturated rings. The highest BCUT2D eigenvalue weighted by molar-refractivity contribution is 7.89. The van der Waals surface area contributed by atoms with Crippen LogP contribution in [0.5, 0.6) is 0 Å². The van der Waals surface area contributed by atoms with Crippen LogP contribution in [0, 0.1) is 11.6 Å². The van der Waals surface area contributed by atoms with E-state index in [2.05, 4.69) is 14.8 Å². The molecule has 0 unspecified atom stereocenters. The molecule has 0 spiro atoms. The van der Waals surface area contributed by atoms with Gasteiger partial charge >= 0.3 is 0 Å². The highest BCUT2D eigenvalue weighted by Crippen LogP contribution is 2.19. The third-order valence-corrected chi connectivity index (χ3v) is 4.90. The first-order valence-electron chi connectivity index (χ1n) is 7.23. The predicted octanol–water partition coefficient (Wildman–Crippen LogP) is 2.24. The Labute approximate surface area is 143 Å². The van der Waals surface area contributed by atoms with Crippen LogP contribution in [0.4, 0.5) is 8.78 Å². The molecule has 2 aromatic heterocycles. The molecule has 25 heavy (non-hydrogen) atoms. The van der Waals surface area contributed by atoms with Crippen molar-refractivity contribution in [2.45, 2.75) is 11.4 Å². The summed E-state index contributed by atoms with van der Waals surface area (Å²) in [7, 11) is -2.41. The number of nitrogens with one attached hydrogen (secondary N) is 1. The van der Waals surface area contributed by atoms with Crippen LogP contribution >= 0.6 is 0 Å². The zero-order chi connectivity index (χ0) is 18.0. The summed E-state index contributed by atoms with van der Waals surface area (Å²) in [5, 5.41) is 4.07. The maximum Gasteiger partial charge on any atom is 0.243 e. The second kappa shape index (κ2) is 6.69. The van der Waals surface area contributed by atoms with Crippen molar-refractivity contribution in [2.24, 2.45) is 7.05 Å². The van der Waals surface area contributed by atoms with Gasteiger partial charge in [0.25, 0.3) is 0 Å². The largest absolute Gasteiger partial charge is 0.275 e. The lowest BCUT2D eigenvalue weighted by molar-refractivity contribution is 0.545. The first-order chi connectivity index (χ1) is 11.8. The fourth-order valence-electron chi connectivity index (χ4n) is 2.25. The molecule has 0 aliphatic rings. The summed E-state index contributed by atoms with van der Waals surface area (Å²) in [5.41, 5.74) is 2.17. The minimum Gasteiger partial charge on any atom is -0.275 e. The number of nitrogens with zero attached hydrogens (tertiary/aromatic N) is 3. The van der Waals surface area contributed by atoms with Gasteiger partial charge < -0.3 is 0 Å². The molecule has 0 saturated heterocycles. The van der Waals surface area contributed by atoms with Crippen molar-refractivity contribution in [1.82, 2.24) is 19.5 Å². The third-order valence-electron chi connectivity index (χ3n) is 3.48. The van der Waals surface area contributed by atoms with Crippen molar-refractivity contribution in [3.05, 3.63) is 66.3 Å². The van der Waals surface area contributed by atoms with E-state index in [0.717, 1.165) is 23.3 Å². The molecule has 0 saturated carbocycles. The summed E-state index contributed by atoms with van der Waals surface area (Å²) in [6.45, 7) is -0.112. The molecule has 0 radical (unpaired) electrons. The molecule has 3 aromatic rings. The third kappa shape index (κ3) is 3.89. The smallest absolute Gasteiger partial charge is 0.243 e. The van der Waals surface area contributed by atoms with E-state index in [1.165, 1.54) is 6.20 Å². The summed E-state index contributed by atoms with van der Waals surface area (Å²) >= 11 is 0. The minimum atomic E-state index is -4.19. The second-order valence-corrected chi connectivity index (χ2v) is 7.12. The fraction of sp³-hybridized carbons (Fsp3) is 0.125. The van der Waals surface area contributed by atoms with Gasteiger partial charge in [-0.2, -0.15) is 5.10 Å². The fourth-order valence-corrected chi connectivity index (χ4v) is 3.36. The minimum absolute atomic E-state index is 0.112. The van der Waals surface area contributed by atoms with Crippen LogP contribution in [0.25, 0.3) is 11.1 Å². The Kier molecular flexibility index (Phi) is 4.60. The van der Waals surface area contributed by atoms with Crippen LogP contribution in [0.3, 0.4) is 0 Å². The Balaban J connectivity index is 1.80. The summed E-state index contributed by atoms with van der Waals surface area (Å²) in [6, 6.07) is 4.01. The predicted molar refractivity (Wildman–Crippen MR) is 86.8 cm³/mol. The molecule has 1 aromatic carbocycles. The summed E-state index contributed by atoms with van der Waals surface area (Å²) in [6.07, 6.45) is 6.58. The molecular formula is C16H14F2N4O2S. The topological polar surface area (TPSA) is 76.9 Å². The van der Waals surface area contributed by atoms with Crippen LogP contribution in [-0.4, -0.2) is 23.2 Å². The molecular weight excluding hydrogens is 350 g/mol. The lowest BCUT2D eigenvalue weighted by atomic mass is 10.1. The maximum absolute atomic E-state index is 13.7. The summed E-state index contributed by atoms with van der Waals surface area (Å²) < 4.78 is 55.1. The van der Waals surface area contributed by atoms with Crippen molar-refractivity contribution in [3.8, 4) is 11.1 Å². The molecule has 0 atom stereocenters. The Morgan fingerprint density at radius 2 is 1.92 bits per heavy atom. The van der Waals surface area contributed by atoms with Gasteiger partial charge in [0.1, 0.15) is 16.5 Å². The van der Waals surface area contributed by atoms with Crippen LogP contribution < -0.4 is 4.72 Å². The van der Waals surface area contributed by atoms with Crippen molar-refractivity contribution in [2.75, 3.05) is 0 Å².